The van der Waals surface area contributed by atoms with Gasteiger partial charge in [-0.15, -0.1) is 12.4 Å². The van der Waals surface area contributed by atoms with Crippen LogP contribution >= 0.6 is 12.4 Å². The smallest absolute Gasteiger partial charge is 0.254 e. The molecule has 1 saturated heterocycles. The molecule has 1 aromatic carbocycles. The van der Waals surface area contributed by atoms with Crippen LogP contribution in [0, 0.1) is 0 Å². The number of halogens is 1. The van der Waals surface area contributed by atoms with Crippen molar-refractivity contribution in [2.75, 3.05) is 19.7 Å². The van der Waals surface area contributed by atoms with Crippen LogP contribution in [0.5, 0.6) is 0 Å². The highest BCUT2D eigenvalue weighted by Gasteiger charge is 2.37. The second-order valence-corrected chi connectivity index (χ2v) is 5.42. The molecule has 7 heteroatoms. The number of rotatable bonds is 2. The molecule has 1 unspecified atom stereocenters. The number of amides is 2. The third-order valence-corrected chi connectivity index (χ3v) is 4.06. The molecule has 0 aliphatic carbocycles. The lowest BCUT2D eigenvalue weighted by atomic mass is 9.93. The summed E-state index contributed by atoms with van der Waals surface area (Å²) in [5.41, 5.74) is 7.63. The fourth-order valence-electron chi connectivity index (χ4n) is 2.92. The number of fused-ring (bicyclic) bond motifs is 1. The number of nitrogens with one attached hydrogen (secondary N) is 1. The zero-order valence-corrected chi connectivity index (χ0v) is 13.0. The van der Waals surface area contributed by atoms with Gasteiger partial charge in [0.2, 0.25) is 5.91 Å². The van der Waals surface area contributed by atoms with E-state index in [1.165, 1.54) is 0 Å². The van der Waals surface area contributed by atoms with Gasteiger partial charge in [0, 0.05) is 26.1 Å². The molecular weight excluding hydrogens is 306 g/mol. The Morgan fingerprint density at radius 2 is 2.00 bits per heavy atom. The van der Waals surface area contributed by atoms with Gasteiger partial charge >= 0.3 is 0 Å². The minimum Gasteiger partial charge on any atom is -0.368 e. The van der Waals surface area contributed by atoms with Gasteiger partial charge in [0.05, 0.1) is 6.61 Å². The van der Waals surface area contributed by atoms with E-state index in [2.05, 4.69) is 5.32 Å². The molecule has 0 saturated carbocycles. The van der Waals surface area contributed by atoms with Crippen molar-refractivity contribution in [3.8, 4) is 0 Å². The average molecular weight is 326 g/mol. The summed E-state index contributed by atoms with van der Waals surface area (Å²) in [5, 5.41) is 3.13. The lowest BCUT2D eigenvalue weighted by Gasteiger charge is -2.37. The van der Waals surface area contributed by atoms with Crippen LogP contribution in [0.25, 0.3) is 0 Å². The SMILES string of the molecule is Cl.NC(=O)C1Cc2ccccc2CN1C(=O)[C@H]1CNCCO1. The molecule has 1 aromatic rings. The molecule has 120 valence electrons. The molecule has 0 radical (unpaired) electrons. The average Bonchev–Trinajstić information content (AvgIpc) is 2.53. The first-order valence-corrected chi connectivity index (χ1v) is 7.15. The third kappa shape index (κ3) is 3.24. The van der Waals surface area contributed by atoms with Gasteiger partial charge < -0.3 is 20.7 Å². The maximum absolute atomic E-state index is 12.6. The molecule has 2 heterocycles. The minimum atomic E-state index is -0.599. The number of carbonyl (C=O) groups is 2. The highest BCUT2D eigenvalue weighted by Crippen LogP contribution is 2.24. The molecule has 0 spiro atoms. The van der Waals surface area contributed by atoms with Crippen molar-refractivity contribution in [2.45, 2.75) is 25.1 Å². The zero-order valence-electron chi connectivity index (χ0n) is 12.2. The largest absolute Gasteiger partial charge is 0.368 e. The minimum absolute atomic E-state index is 0. The first-order chi connectivity index (χ1) is 10.2. The highest BCUT2D eigenvalue weighted by molar-refractivity contribution is 5.89. The molecule has 2 aliphatic rings. The molecule has 6 nitrogen and oxygen atoms in total. The van der Waals surface area contributed by atoms with Gasteiger partial charge in [0.25, 0.3) is 5.91 Å². The fraction of sp³-hybridized carbons (Fsp3) is 0.467. The highest BCUT2D eigenvalue weighted by atomic mass is 35.5. The van der Waals surface area contributed by atoms with Crippen molar-refractivity contribution >= 4 is 24.2 Å². The molecule has 22 heavy (non-hydrogen) atoms. The summed E-state index contributed by atoms with van der Waals surface area (Å²) in [6.45, 7) is 2.12. The zero-order chi connectivity index (χ0) is 14.8. The number of nitrogens with two attached hydrogens (primary N) is 1. The standard InChI is InChI=1S/C15H19N3O3.ClH/c16-14(19)12-7-10-3-1-2-4-11(10)9-18(12)15(20)13-8-17-5-6-21-13;/h1-4,12-13,17H,5-9H2,(H2,16,19);1H/t12?,13-;/m1./s1. The molecule has 3 N–H and O–H groups in total. The topological polar surface area (TPSA) is 84.7 Å². The summed E-state index contributed by atoms with van der Waals surface area (Å²) < 4.78 is 5.50. The Bertz CT molecular complexity index is 561. The molecule has 3 rings (SSSR count). The van der Waals surface area contributed by atoms with Crippen molar-refractivity contribution in [3.05, 3.63) is 35.4 Å². The molecule has 2 amide bonds. The fourth-order valence-corrected chi connectivity index (χ4v) is 2.92. The maximum Gasteiger partial charge on any atom is 0.254 e. The van der Waals surface area contributed by atoms with Gasteiger partial charge in [-0.2, -0.15) is 0 Å². The number of hydrogen-bond donors (Lipinski definition) is 2. The van der Waals surface area contributed by atoms with Crippen LogP contribution in [0.2, 0.25) is 0 Å². The summed E-state index contributed by atoms with van der Waals surface area (Å²) in [7, 11) is 0. The van der Waals surface area contributed by atoms with Gasteiger partial charge in [-0.05, 0) is 11.1 Å². The van der Waals surface area contributed by atoms with Crippen LogP contribution in [0.15, 0.2) is 24.3 Å². The Kier molecular flexibility index (Phi) is 5.39. The van der Waals surface area contributed by atoms with E-state index in [-0.39, 0.29) is 18.3 Å². The van der Waals surface area contributed by atoms with Crippen LogP contribution < -0.4 is 11.1 Å². The molecule has 1 fully saturated rings. The van der Waals surface area contributed by atoms with E-state index < -0.39 is 18.1 Å². The van der Waals surface area contributed by atoms with Gasteiger partial charge in [-0.25, -0.2) is 0 Å². The molecule has 0 bridgehead atoms. The quantitative estimate of drug-likeness (QED) is 0.791. The lowest BCUT2D eigenvalue weighted by Crippen LogP contribution is -2.57. The number of carbonyl (C=O) groups excluding carboxylic acids is 2. The summed E-state index contributed by atoms with van der Waals surface area (Å²) in [6.07, 6.45) is -0.0666. The number of ether oxygens (including phenoxy) is 1. The van der Waals surface area contributed by atoms with Crippen molar-refractivity contribution in [2.24, 2.45) is 5.73 Å². The Morgan fingerprint density at radius 3 is 2.64 bits per heavy atom. The summed E-state index contributed by atoms with van der Waals surface area (Å²) >= 11 is 0. The van der Waals surface area contributed by atoms with Crippen LogP contribution in [0.4, 0.5) is 0 Å². The van der Waals surface area contributed by atoms with E-state index in [4.69, 9.17) is 10.5 Å². The van der Waals surface area contributed by atoms with Crippen molar-refractivity contribution in [3.63, 3.8) is 0 Å². The Balaban J connectivity index is 0.00000176. The van der Waals surface area contributed by atoms with E-state index in [0.29, 0.717) is 26.1 Å². The Labute approximate surface area is 135 Å². The number of benzene rings is 1. The van der Waals surface area contributed by atoms with E-state index in [1.807, 2.05) is 24.3 Å². The summed E-state index contributed by atoms with van der Waals surface area (Å²) in [4.78, 5) is 25.9. The molecule has 2 aliphatic heterocycles. The van der Waals surface area contributed by atoms with E-state index in [9.17, 15) is 9.59 Å². The Morgan fingerprint density at radius 1 is 1.27 bits per heavy atom. The summed E-state index contributed by atoms with van der Waals surface area (Å²) in [6, 6.07) is 7.23. The van der Waals surface area contributed by atoms with Crippen LogP contribution in [0.3, 0.4) is 0 Å². The number of primary amides is 1. The van der Waals surface area contributed by atoms with Gasteiger partial charge in [0.15, 0.2) is 0 Å². The van der Waals surface area contributed by atoms with Gasteiger partial charge in [-0.3, -0.25) is 9.59 Å². The first-order valence-electron chi connectivity index (χ1n) is 7.15. The molecular formula is C15H20ClN3O3. The van der Waals surface area contributed by atoms with Crippen molar-refractivity contribution in [1.29, 1.82) is 0 Å². The van der Waals surface area contributed by atoms with Crippen LogP contribution in [0.1, 0.15) is 11.1 Å². The summed E-state index contributed by atoms with van der Waals surface area (Å²) in [5.74, 6) is -0.637. The Hall–Kier alpha value is -1.63. The molecule has 0 aromatic heterocycles. The van der Waals surface area contributed by atoms with E-state index >= 15 is 0 Å². The van der Waals surface area contributed by atoms with Gasteiger partial charge in [0.1, 0.15) is 12.1 Å². The predicted molar refractivity (Wildman–Crippen MR) is 83.5 cm³/mol. The van der Waals surface area contributed by atoms with Crippen molar-refractivity contribution in [1.82, 2.24) is 10.2 Å². The van der Waals surface area contributed by atoms with E-state index in [0.717, 1.165) is 17.7 Å². The lowest BCUT2D eigenvalue weighted by molar-refractivity contribution is -0.152. The second-order valence-electron chi connectivity index (χ2n) is 5.42. The second kappa shape index (κ2) is 7.09. The maximum atomic E-state index is 12.6. The third-order valence-electron chi connectivity index (χ3n) is 4.06. The monoisotopic (exact) mass is 325 g/mol. The van der Waals surface area contributed by atoms with Crippen LogP contribution in [-0.4, -0.2) is 48.6 Å². The normalized spacial score (nSPS) is 24.1. The molecule has 2 atom stereocenters. The van der Waals surface area contributed by atoms with Gasteiger partial charge in [-0.1, -0.05) is 24.3 Å². The number of morpholine rings is 1. The first kappa shape index (κ1) is 16.7. The van der Waals surface area contributed by atoms with Crippen LogP contribution in [-0.2, 0) is 27.3 Å². The van der Waals surface area contributed by atoms with E-state index in [1.54, 1.807) is 4.90 Å². The number of hydrogen-bond acceptors (Lipinski definition) is 4. The predicted octanol–water partition coefficient (Wildman–Crippen LogP) is -0.165. The van der Waals surface area contributed by atoms with Crippen molar-refractivity contribution < 1.29 is 14.3 Å². The number of nitrogens with zero attached hydrogens (tertiary/aromatic N) is 1.